The number of H-pyrrole nitrogens is 1. The van der Waals surface area contributed by atoms with Crippen molar-refractivity contribution in [1.82, 2.24) is 10.1 Å². The Labute approximate surface area is 174 Å². The maximum Gasteiger partial charge on any atom is 0.222 e. The normalized spacial score (nSPS) is 13.0. The summed E-state index contributed by atoms with van der Waals surface area (Å²) in [6.45, 7) is 10.4. The molecule has 0 fully saturated rings. The van der Waals surface area contributed by atoms with Crippen molar-refractivity contribution in [2.45, 2.75) is 72.6 Å². The average Bonchev–Trinajstić information content (AvgIpc) is 3.31. The molecule has 0 aliphatic heterocycles. The number of nitrogens with two attached hydrogens (primary N) is 1. The lowest BCUT2D eigenvalue weighted by Crippen LogP contribution is -2.02. The van der Waals surface area contributed by atoms with Gasteiger partial charge in [-0.1, -0.05) is 56.8 Å². The zero-order valence-corrected chi connectivity index (χ0v) is 18.4. The van der Waals surface area contributed by atoms with E-state index in [0.717, 1.165) is 22.5 Å². The van der Waals surface area contributed by atoms with Crippen LogP contribution < -0.4 is 5.73 Å². The van der Waals surface area contributed by atoms with Gasteiger partial charge < -0.3 is 15.2 Å². The molecule has 2 atom stereocenters. The SMILES string of the molecule is CC(=O)c1cc2cc(C)ccc2[nH]1.CCCC(CCC(C)CC)c1cc(N)on1. The summed E-state index contributed by atoms with van der Waals surface area (Å²) in [7, 11) is 0. The molecule has 2 aromatic heterocycles. The molecule has 0 saturated heterocycles. The second-order valence-electron chi connectivity index (χ2n) is 8.06. The van der Waals surface area contributed by atoms with Crippen LogP contribution >= 0.6 is 0 Å². The van der Waals surface area contributed by atoms with Crippen molar-refractivity contribution < 1.29 is 9.32 Å². The highest BCUT2D eigenvalue weighted by atomic mass is 16.5. The highest BCUT2D eigenvalue weighted by Crippen LogP contribution is 2.28. The van der Waals surface area contributed by atoms with Gasteiger partial charge in [0, 0.05) is 29.8 Å². The maximum absolute atomic E-state index is 11.1. The first-order valence-corrected chi connectivity index (χ1v) is 10.7. The number of nitrogen functional groups attached to an aromatic ring is 1. The van der Waals surface area contributed by atoms with E-state index in [0.29, 0.717) is 17.5 Å². The van der Waals surface area contributed by atoms with Crippen LogP contribution in [0.4, 0.5) is 5.88 Å². The number of fused-ring (bicyclic) bond motifs is 1. The number of ketones is 1. The first-order chi connectivity index (χ1) is 13.8. The van der Waals surface area contributed by atoms with Crippen molar-refractivity contribution in [2.75, 3.05) is 5.73 Å². The Kier molecular flexibility index (Phi) is 8.50. The lowest BCUT2D eigenvalue weighted by atomic mass is 9.90. The number of nitrogens with one attached hydrogen (secondary N) is 1. The van der Waals surface area contributed by atoms with Crippen molar-refractivity contribution in [3.8, 4) is 0 Å². The van der Waals surface area contributed by atoms with Gasteiger partial charge in [0.15, 0.2) is 5.78 Å². The van der Waals surface area contributed by atoms with Crippen LogP contribution in [0.2, 0.25) is 0 Å². The van der Waals surface area contributed by atoms with Crippen LogP contribution in [0, 0.1) is 12.8 Å². The third-order valence-electron chi connectivity index (χ3n) is 5.46. The Balaban J connectivity index is 0.000000211. The summed E-state index contributed by atoms with van der Waals surface area (Å²) in [5.41, 5.74) is 9.51. The van der Waals surface area contributed by atoms with Crippen LogP contribution in [-0.4, -0.2) is 15.9 Å². The monoisotopic (exact) mass is 397 g/mol. The number of nitrogens with zero attached hydrogens (tertiary/aromatic N) is 1. The largest absolute Gasteiger partial charge is 0.368 e. The number of carbonyl (C=O) groups is 1. The molecule has 0 aliphatic carbocycles. The van der Waals surface area contributed by atoms with E-state index in [1.54, 1.807) is 6.92 Å². The second-order valence-corrected chi connectivity index (χ2v) is 8.06. The van der Waals surface area contributed by atoms with E-state index in [1.807, 2.05) is 31.2 Å². The number of hydrogen-bond acceptors (Lipinski definition) is 4. The smallest absolute Gasteiger partial charge is 0.222 e. The summed E-state index contributed by atoms with van der Waals surface area (Å²) in [5, 5.41) is 5.14. The maximum atomic E-state index is 11.1. The topological polar surface area (TPSA) is 84.9 Å². The fourth-order valence-corrected chi connectivity index (χ4v) is 3.42. The summed E-state index contributed by atoms with van der Waals surface area (Å²) in [6, 6.07) is 9.86. The van der Waals surface area contributed by atoms with Crippen LogP contribution in [0.5, 0.6) is 0 Å². The van der Waals surface area contributed by atoms with Gasteiger partial charge in [0.05, 0.1) is 11.4 Å². The molecule has 158 valence electrons. The first-order valence-electron chi connectivity index (χ1n) is 10.7. The van der Waals surface area contributed by atoms with Crippen molar-refractivity contribution in [3.05, 3.63) is 47.3 Å². The highest BCUT2D eigenvalue weighted by molar-refractivity contribution is 5.97. The van der Waals surface area contributed by atoms with E-state index in [-0.39, 0.29) is 5.78 Å². The molecule has 0 aliphatic rings. The van der Waals surface area contributed by atoms with E-state index < -0.39 is 0 Å². The molecule has 0 amide bonds. The summed E-state index contributed by atoms with van der Waals surface area (Å²) in [4.78, 5) is 14.1. The molecule has 29 heavy (non-hydrogen) atoms. The number of Topliss-reactive ketones (excluding diaryl/α,β-unsaturated/α-hetero) is 1. The molecule has 0 bridgehead atoms. The van der Waals surface area contributed by atoms with Gasteiger partial charge in [0.25, 0.3) is 0 Å². The number of hydrogen-bond donors (Lipinski definition) is 2. The molecular formula is C24H35N3O2. The molecule has 3 aromatic rings. The zero-order chi connectivity index (χ0) is 21.4. The predicted molar refractivity (Wildman–Crippen MR) is 120 cm³/mol. The van der Waals surface area contributed by atoms with Gasteiger partial charge in [-0.3, -0.25) is 4.79 Å². The molecule has 2 heterocycles. The minimum Gasteiger partial charge on any atom is -0.368 e. The molecule has 1 aromatic carbocycles. The van der Waals surface area contributed by atoms with Crippen LogP contribution in [0.3, 0.4) is 0 Å². The Hall–Kier alpha value is -2.56. The third kappa shape index (κ3) is 6.77. The number of anilines is 1. The molecule has 2 unspecified atom stereocenters. The standard InChI is InChI=1S/C13H24N2O.C11H11NO/c1-4-6-11(8-7-10(3)5-2)12-9-13(14)16-15-12;1-7-3-4-10-9(5-7)6-11(12-10)8(2)13/h9-11H,4-8,14H2,1-3H3;3-6,12H,1-2H3. The van der Waals surface area contributed by atoms with Gasteiger partial charge in [-0.2, -0.15) is 0 Å². The molecule has 0 radical (unpaired) electrons. The van der Waals surface area contributed by atoms with Gasteiger partial charge >= 0.3 is 0 Å². The number of benzene rings is 1. The minimum atomic E-state index is 0.0776. The molecule has 5 nitrogen and oxygen atoms in total. The number of aromatic amines is 1. The lowest BCUT2D eigenvalue weighted by Gasteiger charge is -2.15. The third-order valence-corrected chi connectivity index (χ3v) is 5.46. The minimum absolute atomic E-state index is 0.0776. The van der Waals surface area contributed by atoms with Crippen LogP contribution in [0.25, 0.3) is 10.9 Å². The summed E-state index contributed by atoms with van der Waals surface area (Å²) in [5.74, 6) is 1.82. The molecule has 0 spiro atoms. The number of rotatable bonds is 8. The first kappa shape index (κ1) is 22.7. The Bertz CT molecular complexity index is 910. The lowest BCUT2D eigenvalue weighted by molar-refractivity contribution is 0.101. The van der Waals surface area contributed by atoms with Crippen LogP contribution in [0.15, 0.2) is 34.9 Å². The van der Waals surface area contributed by atoms with E-state index in [4.69, 9.17) is 10.3 Å². The van der Waals surface area contributed by atoms with Crippen molar-refractivity contribution in [3.63, 3.8) is 0 Å². The summed E-state index contributed by atoms with van der Waals surface area (Å²) >= 11 is 0. The zero-order valence-electron chi connectivity index (χ0n) is 18.4. The molecule has 0 saturated carbocycles. The highest BCUT2D eigenvalue weighted by Gasteiger charge is 2.16. The molecule has 3 N–H and O–H groups in total. The second kappa shape index (κ2) is 10.8. The van der Waals surface area contributed by atoms with E-state index in [1.165, 1.54) is 37.7 Å². The molecule has 3 rings (SSSR count). The average molecular weight is 398 g/mol. The van der Waals surface area contributed by atoms with E-state index >= 15 is 0 Å². The van der Waals surface area contributed by atoms with Crippen LogP contribution in [-0.2, 0) is 0 Å². The van der Waals surface area contributed by atoms with Gasteiger partial charge in [0.2, 0.25) is 5.88 Å². The van der Waals surface area contributed by atoms with Crippen molar-refractivity contribution in [1.29, 1.82) is 0 Å². The fourth-order valence-electron chi connectivity index (χ4n) is 3.42. The van der Waals surface area contributed by atoms with E-state index in [9.17, 15) is 4.79 Å². The Morgan fingerprint density at radius 2 is 1.93 bits per heavy atom. The van der Waals surface area contributed by atoms with E-state index in [2.05, 4.69) is 37.0 Å². The Morgan fingerprint density at radius 1 is 1.17 bits per heavy atom. The van der Waals surface area contributed by atoms with Gasteiger partial charge in [-0.15, -0.1) is 0 Å². The van der Waals surface area contributed by atoms with Crippen molar-refractivity contribution >= 4 is 22.6 Å². The quantitative estimate of drug-likeness (QED) is 0.417. The molecular weight excluding hydrogens is 362 g/mol. The van der Waals surface area contributed by atoms with Crippen molar-refractivity contribution in [2.24, 2.45) is 5.92 Å². The van der Waals surface area contributed by atoms with Gasteiger partial charge in [-0.25, -0.2) is 0 Å². The van der Waals surface area contributed by atoms with Gasteiger partial charge in [-0.05, 0) is 43.9 Å². The summed E-state index contributed by atoms with van der Waals surface area (Å²) < 4.78 is 4.95. The van der Waals surface area contributed by atoms with Gasteiger partial charge in [0.1, 0.15) is 0 Å². The predicted octanol–water partition coefficient (Wildman–Crippen LogP) is 6.65. The summed E-state index contributed by atoms with van der Waals surface area (Å²) in [6.07, 6.45) is 6.04. The van der Waals surface area contributed by atoms with Crippen LogP contribution in [0.1, 0.15) is 87.5 Å². The number of aromatic nitrogens is 2. The molecule has 5 heteroatoms. The number of carbonyl (C=O) groups excluding carboxylic acids is 1. The fraction of sp³-hybridized carbons (Fsp3) is 0.500. The Morgan fingerprint density at radius 3 is 2.52 bits per heavy atom. The number of aryl methyl sites for hydroxylation is 1.